The van der Waals surface area contributed by atoms with Gasteiger partial charge in [0, 0.05) is 10.9 Å². The Kier molecular flexibility index (Phi) is 3.34. The molecule has 3 heteroatoms. The number of aryl methyl sites for hydroxylation is 2. The molecule has 0 aliphatic carbocycles. The Morgan fingerprint density at radius 2 is 1.90 bits per heavy atom. The number of aromatic amines is 1. The zero-order valence-corrected chi connectivity index (χ0v) is 12.0. The van der Waals surface area contributed by atoms with Gasteiger partial charge in [-0.3, -0.25) is 4.79 Å². The summed E-state index contributed by atoms with van der Waals surface area (Å²) in [4.78, 5) is 14.5. The first-order chi connectivity index (χ1) is 10.1. The van der Waals surface area contributed by atoms with E-state index in [1.807, 2.05) is 37.3 Å². The van der Waals surface area contributed by atoms with Gasteiger partial charge in [-0.15, -0.1) is 0 Å². The minimum Gasteiger partial charge on any atom is -0.352 e. The summed E-state index contributed by atoms with van der Waals surface area (Å²) in [5, 5.41) is 0.636. The van der Waals surface area contributed by atoms with Crippen molar-refractivity contribution >= 4 is 17.2 Å². The van der Waals surface area contributed by atoms with Crippen molar-refractivity contribution in [2.24, 2.45) is 0 Å². The number of nitrogens with one attached hydrogen (secondary N) is 1. The van der Waals surface area contributed by atoms with Crippen LogP contribution in [-0.4, -0.2) is 11.3 Å². The summed E-state index contributed by atoms with van der Waals surface area (Å²) in [6, 6.07) is 11.3. The summed E-state index contributed by atoms with van der Waals surface area (Å²) in [5.41, 5.74) is 4.49. The molecule has 0 aliphatic rings. The molecule has 1 N–H and O–H groups in total. The van der Waals surface area contributed by atoms with Crippen molar-refractivity contribution in [1.29, 1.82) is 0 Å². The van der Waals surface area contributed by atoms with Gasteiger partial charge in [0.15, 0.2) is 6.29 Å². The Morgan fingerprint density at radius 1 is 1.19 bits per heavy atom. The zero-order valence-electron chi connectivity index (χ0n) is 12.0. The van der Waals surface area contributed by atoms with Crippen LogP contribution < -0.4 is 0 Å². The predicted octanol–water partition coefficient (Wildman–Crippen LogP) is 4.66. The van der Waals surface area contributed by atoms with Crippen molar-refractivity contribution < 1.29 is 9.18 Å². The second-order valence-corrected chi connectivity index (χ2v) is 5.25. The molecule has 0 saturated heterocycles. The second kappa shape index (κ2) is 5.17. The Morgan fingerprint density at radius 3 is 2.52 bits per heavy atom. The minimum absolute atomic E-state index is 0.329. The molecule has 3 aromatic rings. The summed E-state index contributed by atoms with van der Waals surface area (Å²) in [6.07, 6.45) is 1.75. The lowest BCUT2D eigenvalue weighted by Crippen LogP contribution is -1.86. The first-order valence-corrected chi connectivity index (χ1v) is 7.00. The highest BCUT2D eigenvalue weighted by Gasteiger charge is 2.15. The zero-order chi connectivity index (χ0) is 15.0. The lowest BCUT2D eigenvalue weighted by Gasteiger charge is -2.02. The van der Waals surface area contributed by atoms with Crippen LogP contribution in [0.5, 0.6) is 0 Å². The van der Waals surface area contributed by atoms with Crippen molar-refractivity contribution in [2.45, 2.75) is 20.3 Å². The average molecular weight is 281 g/mol. The lowest BCUT2D eigenvalue weighted by molar-refractivity contribution is 0.112. The molecular weight excluding hydrogens is 265 g/mol. The van der Waals surface area contributed by atoms with Crippen LogP contribution in [0.1, 0.15) is 28.4 Å². The van der Waals surface area contributed by atoms with Crippen LogP contribution in [0, 0.1) is 12.7 Å². The fourth-order valence-corrected chi connectivity index (χ4v) is 2.67. The molecule has 1 heterocycles. The molecular formula is C18H16FNO. The molecule has 0 radical (unpaired) electrons. The number of hydrogen-bond donors (Lipinski definition) is 1. The van der Waals surface area contributed by atoms with E-state index in [1.54, 1.807) is 0 Å². The van der Waals surface area contributed by atoms with E-state index in [0.717, 1.165) is 23.8 Å². The Balaban J connectivity index is 2.26. The Hall–Kier alpha value is -2.42. The highest BCUT2D eigenvalue weighted by Crippen LogP contribution is 2.31. The summed E-state index contributed by atoms with van der Waals surface area (Å²) in [5.74, 6) is -0.329. The molecule has 0 unspecified atom stereocenters. The molecule has 0 bridgehead atoms. The predicted molar refractivity (Wildman–Crippen MR) is 83.2 cm³/mol. The summed E-state index contributed by atoms with van der Waals surface area (Å²) < 4.78 is 14.1. The molecule has 21 heavy (non-hydrogen) atoms. The summed E-state index contributed by atoms with van der Waals surface area (Å²) >= 11 is 0. The summed E-state index contributed by atoms with van der Waals surface area (Å²) in [7, 11) is 0. The third-order valence-electron chi connectivity index (χ3n) is 3.81. The van der Waals surface area contributed by atoms with Gasteiger partial charge in [0.25, 0.3) is 0 Å². The van der Waals surface area contributed by atoms with Crippen LogP contribution >= 0.6 is 0 Å². The highest BCUT2D eigenvalue weighted by molar-refractivity contribution is 6.04. The number of aromatic nitrogens is 1. The van der Waals surface area contributed by atoms with Gasteiger partial charge >= 0.3 is 0 Å². The molecule has 0 spiro atoms. The topological polar surface area (TPSA) is 32.9 Å². The summed E-state index contributed by atoms with van der Waals surface area (Å²) in [6.45, 7) is 3.91. The highest BCUT2D eigenvalue weighted by atomic mass is 19.1. The minimum atomic E-state index is -0.329. The van der Waals surface area contributed by atoms with Gasteiger partial charge in [0.2, 0.25) is 0 Å². The monoisotopic (exact) mass is 281 g/mol. The molecule has 0 fully saturated rings. The van der Waals surface area contributed by atoms with Gasteiger partial charge in [-0.1, -0.05) is 31.2 Å². The van der Waals surface area contributed by atoms with E-state index >= 15 is 0 Å². The van der Waals surface area contributed by atoms with E-state index < -0.39 is 0 Å². The van der Waals surface area contributed by atoms with Crippen LogP contribution in [0.2, 0.25) is 0 Å². The molecule has 0 amide bonds. The van der Waals surface area contributed by atoms with Crippen LogP contribution in [0.4, 0.5) is 4.39 Å². The van der Waals surface area contributed by atoms with E-state index in [-0.39, 0.29) is 5.82 Å². The average Bonchev–Trinajstić information content (AvgIpc) is 2.86. The maximum atomic E-state index is 14.1. The molecule has 0 atom stereocenters. The molecule has 0 aliphatic heterocycles. The van der Waals surface area contributed by atoms with Gasteiger partial charge < -0.3 is 4.98 Å². The Bertz CT molecular complexity index is 815. The van der Waals surface area contributed by atoms with Gasteiger partial charge in [-0.25, -0.2) is 4.39 Å². The second-order valence-electron chi connectivity index (χ2n) is 5.25. The Labute approximate surface area is 122 Å². The van der Waals surface area contributed by atoms with Crippen LogP contribution in [0.3, 0.4) is 0 Å². The number of hydrogen-bond acceptors (Lipinski definition) is 1. The van der Waals surface area contributed by atoms with Crippen LogP contribution in [0.15, 0.2) is 36.4 Å². The SMILES string of the molecule is CCc1ccc(-c2[nH]c3c(F)cc(C)cc3c2C=O)cc1. The number of halogens is 1. The molecule has 2 nitrogen and oxygen atoms in total. The molecule has 106 valence electrons. The molecule has 0 saturated carbocycles. The van der Waals surface area contributed by atoms with E-state index in [2.05, 4.69) is 11.9 Å². The first kappa shape index (κ1) is 13.6. The van der Waals surface area contributed by atoms with E-state index in [1.165, 1.54) is 11.6 Å². The smallest absolute Gasteiger partial charge is 0.152 e. The van der Waals surface area contributed by atoms with Crippen molar-refractivity contribution in [3.63, 3.8) is 0 Å². The van der Waals surface area contributed by atoms with Crippen molar-refractivity contribution in [3.8, 4) is 11.3 Å². The quantitative estimate of drug-likeness (QED) is 0.696. The standard InChI is InChI=1S/C18H16FNO/c1-3-12-4-6-13(7-5-12)17-15(10-21)14-8-11(2)9-16(19)18(14)20-17/h4-10,20H,3H2,1-2H3. The van der Waals surface area contributed by atoms with Gasteiger partial charge in [0.1, 0.15) is 5.82 Å². The van der Waals surface area contributed by atoms with E-state index in [9.17, 15) is 9.18 Å². The lowest BCUT2D eigenvalue weighted by atomic mass is 10.0. The normalized spacial score (nSPS) is 11.0. The van der Waals surface area contributed by atoms with E-state index in [0.29, 0.717) is 22.2 Å². The van der Waals surface area contributed by atoms with E-state index in [4.69, 9.17) is 0 Å². The van der Waals surface area contributed by atoms with Gasteiger partial charge in [-0.05, 0) is 42.2 Å². The fraction of sp³-hybridized carbons (Fsp3) is 0.167. The number of H-pyrrole nitrogens is 1. The number of carbonyl (C=O) groups excluding carboxylic acids is 1. The number of aldehydes is 1. The van der Waals surface area contributed by atoms with Crippen LogP contribution in [0.25, 0.3) is 22.2 Å². The van der Waals surface area contributed by atoms with Crippen molar-refractivity contribution in [2.75, 3.05) is 0 Å². The molecule has 2 aromatic carbocycles. The number of fused-ring (bicyclic) bond motifs is 1. The fourth-order valence-electron chi connectivity index (χ4n) is 2.67. The van der Waals surface area contributed by atoms with Gasteiger partial charge in [-0.2, -0.15) is 0 Å². The van der Waals surface area contributed by atoms with Crippen molar-refractivity contribution in [3.05, 3.63) is 58.9 Å². The maximum absolute atomic E-state index is 14.1. The number of rotatable bonds is 3. The molecule has 1 aromatic heterocycles. The number of carbonyl (C=O) groups is 1. The van der Waals surface area contributed by atoms with Crippen LogP contribution in [-0.2, 0) is 6.42 Å². The third-order valence-corrected chi connectivity index (χ3v) is 3.81. The third kappa shape index (κ3) is 2.25. The first-order valence-electron chi connectivity index (χ1n) is 7.00. The largest absolute Gasteiger partial charge is 0.352 e. The van der Waals surface area contributed by atoms with Crippen molar-refractivity contribution in [1.82, 2.24) is 4.98 Å². The number of benzene rings is 2. The van der Waals surface area contributed by atoms with Gasteiger partial charge in [0.05, 0.1) is 11.2 Å². The molecule has 3 rings (SSSR count). The maximum Gasteiger partial charge on any atom is 0.152 e.